The van der Waals surface area contributed by atoms with Gasteiger partial charge < -0.3 is 14.4 Å². The Hall–Kier alpha value is -2.96. The smallest absolute Gasteiger partial charge is 0.410 e. The highest BCUT2D eigenvalue weighted by molar-refractivity contribution is 5.86. The van der Waals surface area contributed by atoms with Gasteiger partial charge in [0, 0.05) is 25.7 Å². The second-order valence-corrected chi connectivity index (χ2v) is 8.13. The molecule has 0 radical (unpaired) electrons. The zero-order chi connectivity index (χ0) is 21.0. The first-order valence-corrected chi connectivity index (χ1v) is 9.73. The van der Waals surface area contributed by atoms with Crippen LogP contribution in [-0.4, -0.2) is 52.7 Å². The van der Waals surface area contributed by atoms with Crippen molar-refractivity contribution in [2.45, 2.75) is 45.6 Å². The van der Waals surface area contributed by atoms with Crippen LogP contribution >= 0.6 is 0 Å². The molecule has 29 heavy (non-hydrogen) atoms. The number of amides is 1. The third-order valence-corrected chi connectivity index (χ3v) is 4.71. The molecule has 7 heteroatoms. The number of ether oxygens (including phenoxy) is 2. The van der Waals surface area contributed by atoms with Crippen LogP contribution in [0.15, 0.2) is 30.6 Å². The topological polar surface area (TPSA) is 81.6 Å². The number of esters is 1. The fraction of sp³-hybridized carbons (Fsp3) is 0.455. The summed E-state index contributed by atoms with van der Waals surface area (Å²) in [6.07, 6.45) is 4.99. The van der Waals surface area contributed by atoms with E-state index in [0.717, 1.165) is 24.1 Å². The lowest BCUT2D eigenvalue weighted by molar-refractivity contribution is 0.0258. The van der Waals surface area contributed by atoms with E-state index in [0.29, 0.717) is 19.5 Å². The monoisotopic (exact) mass is 397 g/mol. The van der Waals surface area contributed by atoms with E-state index in [1.54, 1.807) is 11.1 Å². The summed E-state index contributed by atoms with van der Waals surface area (Å²) >= 11 is 0. The Morgan fingerprint density at radius 3 is 2.41 bits per heavy atom. The Balaban J connectivity index is 1.67. The van der Waals surface area contributed by atoms with E-state index in [1.165, 1.54) is 24.4 Å². The molecule has 3 rings (SSSR count). The molecule has 0 saturated heterocycles. The molecule has 0 bridgehead atoms. The summed E-state index contributed by atoms with van der Waals surface area (Å²) in [5.74, 6) is -0.497. The van der Waals surface area contributed by atoms with Crippen LogP contribution in [0.1, 0.15) is 53.6 Å². The first kappa shape index (κ1) is 20.8. The predicted molar refractivity (Wildman–Crippen MR) is 108 cm³/mol. The number of hydrogen-bond donors (Lipinski definition) is 0. The van der Waals surface area contributed by atoms with Crippen molar-refractivity contribution in [3.8, 4) is 0 Å². The zero-order valence-corrected chi connectivity index (χ0v) is 17.4. The van der Waals surface area contributed by atoms with Crippen molar-refractivity contribution in [3.63, 3.8) is 0 Å². The largest absolute Gasteiger partial charge is 0.464 e. The first-order valence-electron chi connectivity index (χ1n) is 9.73. The van der Waals surface area contributed by atoms with Crippen molar-refractivity contribution < 1.29 is 19.1 Å². The number of fused-ring (bicyclic) bond motifs is 1. The molecule has 154 valence electrons. The van der Waals surface area contributed by atoms with E-state index in [9.17, 15) is 9.59 Å². The van der Waals surface area contributed by atoms with Crippen LogP contribution < -0.4 is 0 Å². The minimum Gasteiger partial charge on any atom is -0.464 e. The third kappa shape index (κ3) is 5.53. The van der Waals surface area contributed by atoms with Gasteiger partial charge in [0.15, 0.2) is 5.69 Å². The quantitative estimate of drug-likeness (QED) is 0.740. The van der Waals surface area contributed by atoms with Gasteiger partial charge in [0.1, 0.15) is 5.60 Å². The molecule has 1 aliphatic rings. The summed E-state index contributed by atoms with van der Waals surface area (Å²) in [5, 5.41) is 0. The fourth-order valence-electron chi connectivity index (χ4n) is 3.26. The summed E-state index contributed by atoms with van der Waals surface area (Å²) in [6.45, 7) is 6.93. The molecule has 0 saturated carbocycles. The molecular weight excluding hydrogens is 370 g/mol. The maximum atomic E-state index is 12.4. The molecular formula is C22H27N3O4. The van der Waals surface area contributed by atoms with Gasteiger partial charge in [0.25, 0.3) is 0 Å². The highest BCUT2D eigenvalue weighted by Gasteiger charge is 2.24. The number of benzene rings is 1. The van der Waals surface area contributed by atoms with E-state index < -0.39 is 11.6 Å². The van der Waals surface area contributed by atoms with E-state index >= 15 is 0 Å². The Morgan fingerprint density at radius 1 is 1.07 bits per heavy atom. The van der Waals surface area contributed by atoms with Crippen LogP contribution in [0.5, 0.6) is 0 Å². The van der Waals surface area contributed by atoms with E-state index in [2.05, 4.69) is 32.9 Å². The number of rotatable bonds is 3. The molecule has 0 spiro atoms. The summed E-state index contributed by atoms with van der Waals surface area (Å²) in [4.78, 5) is 34.0. The molecule has 1 aromatic heterocycles. The lowest BCUT2D eigenvalue weighted by Crippen LogP contribution is -2.38. The van der Waals surface area contributed by atoms with Crippen molar-refractivity contribution in [2.75, 3.05) is 20.2 Å². The molecule has 1 aromatic carbocycles. The molecule has 0 unspecified atom stereocenters. The van der Waals surface area contributed by atoms with Crippen molar-refractivity contribution >= 4 is 12.1 Å². The molecule has 0 aliphatic carbocycles. The lowest BCUT2D eigenvalue weighted by Gasteiger charge is -2.26. The van der Waals surface area contributed by atoms with Crippen LogP contribution in [0.4, 0.5) is 4.79 Å². The number of carbonyl (C=O) groups is 2. The Labute approximate surface area is 171 Å². The molecule has 1 amide bonds. The van der Waals surface area contributed by atoms with Crippen molar-refractivity contribution in [3.05, 3.63) is 58.7 Å². The minimum atomic E-state index is -0.497. The highest BCUT2D eigenvalue weighted by Crippen LogP contribution is 2.21. The summed E-state index contributed by atoms with van der Waals surface area (Å²) < 4.78 is 10.1. The van der Waals surface area contributed by atoms with Crippen LogP contribution in [0.25, 0.3) is 0 Å². The average Bonchev–Trinajstić information content (AvgIpc) is 2.89. The Bertz CT molecular complexity index is 888. The molecule has 7 nitrogen and oxygen atoms in total. The minimum absolute atomic E-state index is 0.195. The lowest BCUT2D eigenvalue weighted by atomic mass is 9.98. The Kier molecular flexibility index (Phi) is 6.15. The van der Waals surface area contributed by atoms with Crippen LogP contribution in [-0.2, 0) is 28.7 Å². The normalized spacial score (nSPS) is 14.0. The fourth-order valence-corrected chi connectivity index (χ4v) is 3.26. The Morgan fingerprint density at radius 2 is 1.79 bits per heavy atom. The van der Waals surface area contributed by atoms with Gasteiger partial charge in [0.05, 0.1) is 19.0 Å². The van der Waals surface area contributed by atoms with Crippen LogP contribution in [0.3, 0.4) is 0 Å². The van der Waals surface area contributed by atoms with Gasteiger partial charge in [-0.15, -0.1) is 0 Å². The van der Waals surface area contributed by atoms with E-state index in [4.69, 9.17) is 4.74 Å². The zero-order valence-electron chi connectivity index (χ0n) is 17.4. The van der Waals surface area contributed by atoms with Gasteiger partial charge in [-0.3, -0.25) is 4.98 Å². The number of carbonyl (C=O) groups excluding carboxylic acids is 2. The standard InChI is InChI=1S/C22H27N3O4/c1-22(2,3)29-21(27)25-9-7-16-6-5-15(11-17(16)8-10-25)12-18-13-24-19(14-23-18)20(26)28-4/h5-6,11,13-14H,7-10,12H2,1-4H3. The third-order valence-electron chi connectivity index (χ3n) is 4.71. The molecule has 0 fully saturated rings. The van der Waals surface area contributed by atoms with Gasteiger partial charge in [-0.1, -0.05) is 18.2 Å². The van der Waals surface area contributed by atoms with Crippen molar-refractivity contribution in [2.24, 2.45) is 0 Å². The van der Waals surface area contributed by atoms with Gasteiger partial charge >= 0.3 is 12.1 Å². The molecule has 1 aliphatic heterocycles. The summed E-state index contributed by atoms with van der Waals surface area (Å²) in [7, 11) is 1.32. The average molecular weight is 397 g/mol. The van der Waals surface area contributed by atoms with Crippen molar-refractivity contribution in [1.82, 2.24) is 14.9 Å². The number of methoxy groups -OCH3 is 1. The maximum absolute atomic E-state index is 12.4. The molecule has 2 heterocycles. The molecule has 0 N–H and O–H groups in total. The second kappa shape index (κ2) is 8.59. The summed E-state index contributed by atoms with van der Waals surface area (Å²) in [6, 6.07) is 6.38. The number of nitrogens with zero attached hydrogens (tertiary/aromatic N) is 3. The second-order valence-electron chi connectivity index (χ2n) is 8.13. The van der Waals surface area contributed by atoms with Crippen molar-refractivity contribution in [1.29, 1.82) is 0 Å². The van der Waals surface area contributed by atoms with Gasteiger partial charge in [-0.2, -0.15) is 0 Å². The first-order chi connectivity index (χ1) is 13.7. The number of hydrogen-bond acceptors (Lipinski definition) is 6. The number of aromatic nitrogens is 2. The van der Waals surface area contributed by atoms with Gasteiger partial charge in [0.2, 0.25) is 0 Å². The highest BCUT2D eigenvalue weighted by atomic mass is 16.6. The van der Waals surface area contributed by atoms with Gasteiger partial charge in [-0.05, 0) is 50.3 Å². The van der Waals surface area contributed by atoms with Crippen LogP contribution in [0.2, 0.25) is 0 Å². The predicted octanol–water partition coefficient (Wildman–Crippen LogP) is 3.19. The van der Waals surface area contributed by atoms with Crippen LogP contribution in [0, 0.1) is 0 Å². The molecule has 0 atom stereocenters. The van der Waals surface area contributed by atoms with Gasteiger partial charge in [-0.25, -0.2) is 14.6 Å². The maximum Gasteiger partial charge on any atom is 0.410 e. The SMILES string of the molecule is COC(=O)c1cnc(Cc2ccc3c(c2)CCN(C(=O)OC(C)(C)C)CC3)cn1. The molecule has 2 aromatic rings. The van der Waals surface area contributed by atoms with E-state index in [1.807, 2.05) is 20.8 Å². The summed E-state index contributed by atoms with van der Waals surface area (Å²) in [5.41, 5.74) is 4.10. The van der Waals surface area contributed by atoms with E-state index in [-0.39, 0.29) is 11.8 Å².